The highest BCUT2D eigenvalue weighted by molar-refractivity contribution is 5.80. The summed E-state index contributed by atoms with van der Waals surface area (Å²) in [5.74, 6) is 1.81. The van der Waals surface area contributed by atoms with Gasteiger partial charge in [-0.2, -0.15) is 0 Å². The highest BCUT2D eigenvalue weighted by atomic mass is 16.5. The molecule has 0 aliphatic carbocycles. The number of anilines is 2. The second kappa shape index (κ2) is 9.50. The van der Waals surface area contributed by atoms with Crippen LogP contribution >= 0.6 is 0 Å². The van der Waals surface area contributed by atoms with Gasteiger partial charge in [-0.3, -0.25) is 4.40 Å². The molecule has 7 nitrogen and oxygen atoms in total. The lowest BCUT2D eigenvalue weighted by Crippen LogP contribution is -2.46. The number of likely N-dealkylation sites (N-methyl/N-ethyl adjacent to an activating group) is 1. The Morgan fingerprint density at radius 2 is 1.73 bits per heavy atom. The van der Waals surface area contributed by atoms with Crippen LogP contribution in [0.3, 0.4) is 0 Å². The first-order valence-corrected chi connectivity index (χ1v) is 11.5. The average molecular weight is 443 g/mol. The van der Waals surface area contributed by atoms with Crippen molar-refractivity contribution in [2.24, 2.45) is 0 Å². The Kier molecular flexibility index (Phi) is 6.13. The molecule has 2 aromatic heterocycles. The summed E-state index contributed by atoms with van der Waals surface area (Å²) in [6.45, 7) is 8.42. The molecule has 1 N–H and O–H groups in total. The zero-order valence-electron chi connectivity index (χ0n) is 19.2. The molecule has 1 aliphatic rings. The molecule has 7 heteroatoms. The van der Waals surface area contributed by atoms with Gasteiger partial charge in [0.2, 0.25) is 0 Å². The van der Waals surface area contributed by atoms with Gasteiger partial charge >= 0.3 is 0 Å². The summed E-state index contributed by atoms with van der Waals surface area (Å²) < 4.78 is 7.47. The first kappa shape index (κ1) is 21.3. The Hall–Kier alpha value is -3.58. The van der Waals surface area contributed by atoms with E-state index in [1.807, 2.05) is 22.6 Å². The van der Waals surface area contributed by atoms with Crippen molar-refractivity contribution < 1.29 is 4.74 Å². The van der Waals surface area contributed by atoms with E-state index in [2.05, 4.69) is 74.7 Å². The lowest BCUT2D eigenvalue weighted by molar-refractivity contribution is 0.271. The Morgan fingerprint density at radius 3 is 2.48 bits per heavy atom. The van der Waals surface area contributed by atoms with Crippen LogP contribution in [0.5, 0.6) is 5.75 Å². The van der Waals surface area contributed by atoms with Crippen LogP contribution in [0.15, 0.2) is 67.0 Å². The van der Waals surface area contributed by atoms with E-state index in [1.54, 1.807) is 13.4 Å². The van der Waals surface area contributed by atoms with E-state index in [4.69, 9.17) is 4.74 Å². The van der Waals surface area contributed by atoms with E-state index in [-0.39, 0.29) is 0 Å². The number of hydrogen-bond donors (Lipinski definition) is 1. The summed E-state index contributed by atoms with van der Waals surface area (Å²) in [6.07, 6.45) is 1.75. The molecular formula is C26H30N6O. The quantitative estimate of drug-likeness (QED) is 0.464. The van der Waals surface area contributed by atoms with Gasteiger partial charge in [0.05, 0.1) is 7.11 Å². The van der Waals surface area contributed by atoms with Crippen LogP contribution in [0, 0.1) is 0 Å². The highest BCUT2D eigenvalue weighted by Crippen LogP contribution is 2.29. The third-order valence-electron chi connectivity index (χ3n) is 6.47. The summed E-state index contributed by atoms with van der Waals surface area (Å²) in [5.41, 5.74) is 5.42. The number of para-hydroxylation sites is 1. The number of methoxy groups -OCH3 is 1. The summed E-state index contributed by atoms with van der Waals surface area (Å²) in [7, 11) is 1.70. The normalized spacial score (nSPS) is 14.5. The van der Waals surface area contributed by atoms with Crippen molar-refractivity contribution in [2.75, 3.05) is 50.1 Å². The minimum atomic E-state index is 0.649. The molecule has 0 saturated carbocycles. The monoisotopic (exact) mass is 442 g/mol. The molecular weight excluding hydrogens is 412 g/mol. The third kappa shape index (κ3) is 4.36. The topological polar surface area (TPSA) is 57.9 Å². The van der Waals surface area contributed by atoms with Crippen molar-refractivity contribution in [3.8, 4) is 16.9 Å². The van der Waals surface area contributed by atoms with Gasteiger partial charge in [0.1, 0.15) is 17.9 Å². The number of benzene rings is 2. The fraction of sp³-hybridized carbons (Fsp3) is 0.308. The lowest BCUT2D eigenvalue weighted by Gasteiger charge is -2.35. The molecule has 1 fully saturated rings. The van der Waals surface area contributed by atoms with Crippen molar-refractivity contribution in [1.82, 2.24) is 19.5 Å². The molecule has 0 atom stereocenters. The predicted molar refractivity (Wildman–Crippen MR) is 133 cm³/mol. The largest absolute Gasteiger partial charge is 0.496 e. The van der Waals surface area contributed by atoms with E-state index in [1.165, 1.54) is 5.69 Å². The Bertz CT molecular complexity index is 1210. The van der Waals surface area contributed by atoms with Crippen molar-refractivity contribution in [3.63, 3.8) is 0 Å². The van der Waals surface area contributed by atoms with Gasteiger partial charge in [0.25, 0.3) is 0 Å². The molecule has 4 aromatic rings. The lowest BCUT2D eigenvalue weighted by atomic mass is 10.1. The number of piperazine rings is 1. The number of nitrogens with zero attached hydrogens (tertiary/aromatic N) is 5. The Balaban J connectivity index is 1.35. The number of rotatable bonds is 7. The second-order valence-corrected chi connectivity index (χ2v) is 8.29. The maximum atomic E-state index is 5.47. The number of hydrogen-bond acceptors (Lipinski definition) is 6. The molecule has 3 heterocycles. The number of nitrogens with one attached hydrogen (secondary N) is 1. The maximum Gasteiger partial charge on any atom is 0.170 e. The van der Waals surface area contributed by atoms with Gasteiger partial charge in [-0.05, 0) is 42.4 Å². The summed E-state index contributed by atoms with van der Waals surface area (Å²) in [5, 5.41) is 12.1. The molecule has 1 saturated heterocycles. The highest BCUT2D eigenvalue weighted by Gasteiger charge is 2.16. The van der Waals surface area contributed by atoms with Gasteiger partial charge in [0, 0.05) is 49.5 Å². The molecule has 0 amide bonds. The molecule has 1 aliphatic heterocycles. The Morgan fingerprint density at radius 1 is 0.939 bits per heavy atom. The molecule has 0 radical (unpaired) electrons. The van der Waals surface area contributed by atoms with Crippen LogP contribution in [-0.2, 0) is 6.54 Å². The number of fused-ring (bicyclic) bond motifs is 1. The van der Waals surface area contributed by atoms with Crippen LogP contribution in [0.25, 0.3) is 16.8 Å². The van der Waals surface area contributed by atoms with Crippen LogP contribution in [0.1, 0.15) is 12.5 Å². The van der Waals surface area contributed by atoms with Gasteiger partial charge in [-0.25, -0.2) is 0 Å². The van der Waals surface area contributed by atoms with E-state index < -0.39 is 0 Å². The van der Waals surface area contributed by atoms with E-state index >= 15 is 0 Å². The average Bonchev–Trinajstić information content (AvgIpc) is 3.38. The molecule has 0 bridgehead atoms. The summed E-state index contributed by atoms with van der Waals surface area (Å²) in [6, 6.07) is 21.0. The summed E-state index contributed by atoms with van der Waals surface area (Å²) >= 11 is 0. The molecule has 170 valence electrons. The zero-order chi connectivity index (χ0) is 22.6. The molecule has 0 spiro atoms. The first-order valence-electron chi connectivity index (χ1n) is 11.5. The summed E-state index contributed by atoms with van der Waals surface area (Å²) in [4.78, 5) is 4.96. The van der Waals surface area contributed by atoms with Crippen molar-refractivity contribution in [2.45, 2.75) is 13.5 Å². The minimum absolute atomic E-state index is 0.649. The van der Waals surface area contributed by atoms with Crippen molar-refractivity contribution in [1.29, 1.82) is 0 Å². The van der Waals surface area contributed by atoms with Crippen molar-refractivity contribution in [3.05, 3.63) is 72.6 Å². The van der Waals surface area contributed by atoms with Crippen LogP contribution in [0.2, 0.25) is 0 Å². The zero-order valence-corrected chi connectivity index (χ0v) is 19.2. The first-order chi connectivity index (χ1) is 16.3. The van der Waals surface area contributed by atoms with Crippen molar-refractivity contribution >= 4 is 17.2 Å². The SMILES string of the molecule is CCN1CCN(c2ccc(-c3ccc(NCc4ccccc4OC)n4cnnc34)cc2)CC1. The fourth-order valence-corrected chi connectivity index (χ4v) is 4.49. The van der Waals surface area contributed by atoms with E-state index in [0.717, 1.165) is 66.6 Å². The number of aromatic nitrogens is 3. The van der Waals surface area contributed by atoms with Crippen LogP contribution in [0.4, 0.5) is 11.5 Å². The van der Waals surface area contributed by atoms with Gasteiger partial charge in [0.15, 0.2) is 5.65 Å². The third-order valence-corrected chi connectivity index (χ3v) is 6.47. The number of pyridine rings is 1. The predicted octanol–water partition coefficient (Wildman–Crippen LogP) is 4.16. The van der Waals surface area contributed by atoms with Crippen LogP contribution in [-0.4, -0.2) is 59.3 Å². The molecule has 33 heavy (non-hydrogen) atoms. The standard InChI is InChI=1S/C26H30N6O/c1-3-30-14-16-31(17-15-30)22-10-8-20(9-11-22)23-12-13-25(32-19-28-29-26(23)32)27-18-21-6-4-5-7-24(21)33-2/h4-13,19,27H,3,14-18H2,1-2H3. The van der Waals surface area contributed by atoms with E-state index in [9.17, 15) is 0 Å². The maximum absolute atomic E-state index is 5.47. The number of ether oxygens (including phenoxy) is 1. The second-order valence-electron chi connectivity index (χ2n) is 8.29. The van der Waals surface area contributed by atoms with Gasteiger partial charge in [-0.15, -0.1) is 10.2 Å². The van der Waals surface area contributed by atoms with E-state index in [0.29, 0.717) is 6.54 Å². The molecule has 0 unspecified atom stereocenters. The van der Waals surface area contributed by atoms with Gasteiger partial charge < -0.3 is 19.9 Å². The molecule has 2 aromatic carbocycles. The molecule has 5 rings (SSSR count). The Labute approximate surface area is 194 Å². The van der Waals surface area contributed by atoms with Crippen LogP contribution < -0.4 is 15.0 Å². The minimum Gasteiger partial charge on any atom is -0.496 e. The fourth-order valence-electron chi connectivity index (χ4n) is 4.49. The van der Waals surface area contributed by atoms with Gasteiger partial charge in [-0.1, -0.05) is 37.3 Å². The smallest absolute Gasteiger partial charge is 0.170 e.